The zero-order chi connectivity index (χ0) is 36.3. The van der Waals surface area contributed by atoms with Crippen molar-refractivity contribution in [3.05, 3.63) is 83.2 Å². The maximum atomic E-state index is 14.2. The molecule has 0 bridgehead atoms. The highest BCUT2D eigenvalue weighted by Gasteiger charge is 2.43. The van der Waals surface area contributed by atoms with Crippen molar-refractivity contribution < 1.29 is 56.1 Å². The van der Waals surface area contributed by atoms with E-state index < -0.39 is 95.6 Å². The summed E-state index contributed by atoms with van der Waals surface area (Å²) in [6.07, 6.45) is -0.748. The lowest BCUT2D eigenvalue weighted by Crippen LogP contribution is -2.50. The van der Waals surface area contributed by atoms with E-state index in [1.807, 2.05) is 6.07 Å². The fourth-order valence-electron chi connectivity index (χ4n) is 6.21. The summed E-state index contributed by atoms with van der Waals surface area (Å²) in [5.74, 6) is -12.0. The molecule has 3 aromatic rings. The number of carbonyl (C=O) groups is 4. The van der Waals surface area contributed by atoms with Crippen LogP contribution in [0.4, 0.5) is 22.4 Å². The number of aliphatic hydroxyl groups is 1. The molecule has 0 spiro atoms. The van der Waals surface area contributed by atoms with Crippen LogP contribution in [0.2, 0.25) is 0 Å². The van der Waals surface area contributed by atoms with Gasteiger partial charge in [-0.25, -0.2) is 13.6 Å². The van der Waals surface area contributed by atoms with Gasteiger partial charge in [-0.1, -0.05) is 18.2 Å². The Morgan fingerprint density at radius 2 is 1.72 bits per heavy atom. The molecule has 2 amide bonds. The number of carbonyl (C=O) groups excluding carboxylic acids is 4. The number of amides is 2. The molecule has 1 aromatic heterocycles. The minimum Gasteiger partial charge on any atom is -0.485 e. The third kappa shape index (κ3) is 8.44. The maximum absolute atomic E-state index is 14.2. The first kappa shape index (κ1) is 36.4. The summed E-state index contributed by atoms with van der Waals surface area (Å²) in [5, 5.41) is 16.3. The number of benzene rings is 2. The van der Waals surface area contributed by atoms with Gasteiger partial charge in [-0.05, 0) is 57.4 Å². The second kappa shape index (κ2) is 14.9. The lowest BCUT2D eigenvalue weighted by Gasteiger charge is -2.31. The highest BCUT2D eigenvalue weighted by molar-refractivity contribution is 5.93. The fourth-order valence-corrected chi connectivity index (χ4v) is 6.21. The van der Waals surface area contributed by atoms with Gasteiger partial charge in [-0.15, -0.1) is 0 Å². The molecule has 2 aromatic carbocycles. The highest BCUT2D eigenvalue weighted by Crippen LogP contribution is 2.38. The Labute approximate surface area is 284 Å². The Balaban J connectivity index is 1.32. The summed E-state index contributed by atoms with van der Waals surface area (Å²) in [4.78, 5) is 53.1. The molecule has 1 aliphatic heterocycles. The maximum Gasteiger partial charge on any atom is 0.412 e. The van der Waals surface area contributed by atoms with Crippen molar-refractivity contribution in [2.24, 2.45) is 5.92 Å². The molecule has 15 heteroatoms. The first-order chi connectivity index (χ1) is 23.6. The molecule has 3 N–H and O–H groups in total. The summed E-state index contributed by atoms with van der Waals surface area (Å²) >= 11 is 0. The number of halogens is 4. The third-order valence-electron chi connectivity index (χ3n) is 8.42. The standard InChI is InChI=1S/C35H37F4N3O8/c1-35(2,3)50-27(45)15-24(26(44)17-48-32-29(38)21(36)14-22(37)30(32)39)40-33(46)19-13-25(43)28-23(10-9-18-11-12-42(16-19)31(18)28)41-34(47)49-20-7-5-4-6-8-20/h4-8,11-12,14,19,23-24,26,28,44H,9-10,13,15-17H2,1-3H3,(H,40,46)(H,41,47). The highest BCUT2D eigenvalue weighted by atomic mass is 19.2. The van der Waals surface area contributed by atoms with Gasteiger partial charge in [0.15, 0.2) is 17.4 Å². The quantitative estimate of drug-likeness (QED) is 0.159. The lowest BCUT2D eigenvalue weighted by atomic mass is 9.79. The van der Waals surface area contributed by atoms with Crippen LogP contribution in [0.1, 0.15) is 57.2 Å². The van der Waals surface area contributed by atoms with Crippen molar-refractivity contribution in [2.75, 3.05) is 6.61 Å². The Kier molecular flexibility index (Phi) is 10.8. The molecule has 2 aliphatic rings. The molecule has 50 heavy (non-hydrogen) atoms. The van der Waals surface area contributed by atoms with Gasteiger partial charge in [0, 0.05) is 37.0 Å². The zero-order valence-electron chi connectivity index (χ0n) is 27.5. The number of esters is 1. The van der Waals surface area contributed by atoms with E-state index in [1.165, 1.54) is 0 Å². The molecule has 2 heterocycles. The van der Waals surface area contributed by atoms with Gasteiger partial charge in [0.2, 0.25) is 17.5 Å². The molecule has 0 saturated heterocycles. The van der Waals surface area contributed by atoms with E-state index in [0.717, 1.165) is 5.56 Å². The third-order valence-corrected chi connectivity index (χ3v) is 8.42. The number of hydrogen-bond acceptors (Lipinski definition) is 8. The van der Waals surface area contributed by atoms with Crippen LogP contribution in [0, 0.1) is 29.2 Å². The molecule has 5 rings (SSSR count). The smallest absolute Gasteiger partial charge is 0.412 e. The van der Waals surface area contributed by atoms with Crippen LogP contribution in [-0.4, -0.2) is 63.8 Å². The molecule has 5 unspecified atom stereocenters. The van der Waals surface area contributed by atoms with E-state index in [1.54, 1.807) is 61.9 Å². The van der Waals surface area contributed by atoms with Gasteiger partial charge in [0.05, 0.1) is 24.3 Å². The molecule has 11 nitrogen and oxygen atoms in total. The first-order valence-corrected chi connectivity index (χ1v) is 16.0. The number of rotatable bonds is 10. The number of para-hydroxylation sites is 1. The van der Waals surface area contributed by atoms with Crippen LogP contribution in [0.3, 0.4) is 0 Å². The van der Waals surface area contributed by atoms with Crippen LogP contribution >= 0.6 is 0 Å². The molecular formula is C35H37F4N3O8. The van der Waals surface area contributed by atoms with E-state index in [9.17, 15) is 41.8 Å². The minimum absolute atomic E-state index is 0.00708. The largest absolute Gasteiger partial charge is 0.485 e. The van der Waals surface area contributed by atoms with Crippen LogP contribution in [0.15, 0.2) is 48.7 Å². The average molecular weight is 704 g/mol. The van der Waals surface area contributed by atoms with Crippen LogP contribution in [0.25, 0.3) is 0 Å². The average Bonchev–Trinajstić information content (AvgIpc) is 3.37. The number of aryl methyl sites for hydroxylation is 1. The van der Waals surface area contributed by atoms with Gasteiger partial charge in [0.1, 0.15) is 29.8 Å². The van der Waals surface area contributed by atoms with E-state index in [-0.39, 0.29) is 24.8 Å². The molecule has 1 aliphatic carbocycles. The number of nitrogens with zero attached hydrogens (tertiary/aromatic N) is 1. The van der Waals surface area contributed by atoms with Crippen LogP contribution in [-0.2, 0) is 32.1 Å². The van der Waals surface area contributed by atoms with Gasteiger partial charge in [-0.3, -0.25) is 14.4 Å². The lowest BCUT2D eigenvalue weighted by molar-refractivity contribution is -0.156. The Morgan fingerprint density at radius 3 is 2.38 bits per heavy atom. The van der Waals surface area contributed by atoms with Crippen LogP contribution in [0.5, 0.6) is 11.5 Å². The fraction of sp³-hybridized carbons (Fsp3) is 0.429. The molecule has 0 saturated carbocycles. The molecular weight excluding hydrogens is 666 g/mol. The van der Waals surface area contributed by atoms with Gasteiger partial charge >= 0.3 is 12.1 Å². The van der Waals surface area contributed by atoms with Crippen molar-refractivity contribution >= 4 is 23.8 Å². The number of Topliss-reactive ketones (excluding diaryl/α,β-unsaturated/α-hetero) is 1. The summed E-state index contributed by atoms with van der Waals surface area (Å²) in [5.41, 5.74) is 0.600. The van der Waals surface area contributed by atoms with Crippen LogP contribution < -0.4 is 20.1 Å². The van der Waals surface area contributed by atoms with Crippen molar-refractivity contribution in [3.63, 3.8) is 0 Å². The SMILES string of the molecule is CC(C)(C)OC(=O)CC(NC(=O)C1CC(=O)C2c3c(ccn3C1)CCC2NC(=O)Oc1ccccc1)C(O)COc1c(F)c(F)cc(F)c1F. The van der Waals surface area contributed by atoms with E-state index in [2.05, 4.69) is 10.6 Å². The minimum atomic E-state index is -1.84. The summed E-state index contributed by atoms with van der Waals surface area (Å²) < 4.78 is 73.2. The Hall–Kier alpha value is -4.92. The Morgan fingerprint density at radius 1 is 1.04 bits per heavy atom. The molecule has 5 atom stereocenters. The summed E-state index contributed by atoms with van der Waals surface area (Å²) in [7, 11) is 0. The van der Waals surface area contributed by atoms with E-state index in [4.69, 9.17) is 14.2 Å². The molecule has 0 fully saturated rings. The van der Waals surface area contributed by atoms with E-state index >= 15 is 0 Å². The van der Waals surface area contributed by atoms with Crippen molar-refractivity contribution in [3.8, 4) is 11.5 Å². The predicted octanol–water partition coefficient (Wildman–Crippen LogP) is 4.48. The second-order valence-corrected chi connectivity index (χ2v) is 13.3. The predicted molar refractivity (Wildman–Crippen MR) is 168 cm³/mol. The second-order valence-electron chi connectivity index (χ2n) is 13.3. The number of ether oxygens (including phenoxy) is 3. The normalized spacial score (nSPS) is 19.8. The molecule has 0 radical (unpaired) electrons. The topological polar surface area (TPSA) is 145 Å². The van der Waals surface area contributed by atoms with Gasteiger partial charge in [-0.2, -0.15) is 8.78 Å². The summed E-state index contributed by atoms with van der Waals surface area (Å²) in [6.45, 7) is 3.82. The van der Waals surface area contributed by atoms with Gasteiger partial charge in [0.25, 0.3) is 0 Å². The molecule has 268 valence electrons. The Bertz CT molecular complexity index is 1730. The monoisotopic (exact) mass is 703 g/mol. The number of aromatic nitrogens is 1. The van der Waals surface area contributed by atoms with Crippen molar-refractivity contribution in [1.29, 1.82) is 0 Å². The first-order valence-electron chi connectivity index (χ1n) is 16.0. The zero-order valence-corrected chi connectivity index (χ0v) is 27.5. The number of aliphatic hydroxyl groups excluding tert-OH is 1. The number of ketones is 1. The van der Waals surface area contributed by atoms with E-state index in [0.29, 0.717) is 24.3 Å². The van der Waals surface area contributed by atoms with Crippen molar-refractivity contribution in [1.82, 2.24) is 15.2 Å². The van der Waals surface area contributed by atoms with Crippen molar-refractivity contribution in [2.45, 2.75) is 82.7 Å². The number of hydrogen-bond donors (Lipinski definition) is 3. The number of nitrogens with one attached hydrogen (secondary N) is 2. The van der Waals surface area contributed by atoms with Gasteiger partial charge < -0.3 is 34.5 Å². The summed E-state index contributed by atoms with van der Waals surface area (Å²) in [6, 6.07) is 8.13.